The summed E-state index contributed by atoms with van der Waals surface area (Å²) in [6.07, 6.45) is 24.3. The van der Waals surface area contributed by atoms with Gasteiger partial charge in [-0.25, -0.2) is 0 Å². The van der Waals surface area contributed by atoms with Crippen LogP contribution in [0.4, 0.5) is 0 Å². The molecule has 0 saturated heterocycles. The first kappa shape index (κ1) is 29.2. The maximum atomic E-state index is 11.2. The second kappa shape index (κ2) is 10.0. The van der Waals surface area contributed by atoms with E-state index in [9.17, 15) is 15.3 Å². The summed E-state index contributed by atoms with van der Waals surface area (Å²) in [4.78, 5) is 4.39. The summed E-state index contributed by atoms with van der Waals surface area (Å²) in [5.41, 5.74) is 5.02. The monoisotopic (exact) mass is 573 g/mol. The highest BCUT2D eigenvalue weighted by Gasteiger charge is 2.84. The average Bonchev–Trinajstić information content (AvgIpc) is 3.49. The highest BCUT2D eigenvalue weighted by Crippen LogP contribution is 2.90. The van der Waals surface area contributed by atoms with Gasteiger partial charge >= 0.3 is 0 Å². The van der Waals surface area contributed by atoms with Gasteiger partial charge in [-0.1, -0.05) is 62.8 Å². The molecule has 7 rings (SSSR count). The predicted octanol–water partition coefficient (Wildman–Crippen LogP) is 7.07. The molecule has 0 aromatic rings. The topological polar surface area (TPSA) is 73.1 Å². The minimum atomic E-state index is 0.0744. The smallest absolute Gasteiger partial charge is 0.0576 e. The molecule has 3 spiro atoms. The van der Waals surface area contributed by atoms with Gasteiger partial charge in [0.2, 0.25) is 0 Å². The number of aliphatic hydroxyl groups is 3. The molecular weight excluding hydrogens is 518 g/mol. The first-order valence-electron chi connectivity index (χ1n) is 17.2. The van der Waals surface area contributed by atoms with Gasteiger partial charge in [0.15, 0.2) is 0 Å². The van der Waals surface area contributed by atoms with Crippen molar-refractivity contribution in [2.45, 2.75) is 91.4 Å². The summed E-state index contributed by atoms with van der Waals surface area (Å²) in [6.45, 7) is 14.0. The molecule has 7 aliphatic rings. The number of rotatable bonds is 9. The Hall–Kier alpha value is -1.49. The third-order valence-corrected chi connectivity index (χ3v) is 14.8. The molecule has 3 N–H and O–H groups in total. The lowest BCUT2D eigenvalue weighted by Crippen LogP contribution is -2.61. The third-order valence-electron chi connectivity index (χ3n) is 14.8. The van der Waals surface area contributed by atoms with Crippen LogP contribution in [0.2, 0.25) is 0 Å². The van der Waals surface area contributed by atoms with Gasteiger partial charge in [0.1, 0.15) is 0 Å². The molecule has 0 radical (unpaired) electrons. The van der Waals surface area contributed by atoms with Crippen molar-refractivity contribution in [3.8, 4) is 0 Å². The zero-order valence-corrected chi connectivity index (χ0v) is 26.5. The molecular formula is C38H55NO3. The highest BCUT2D eigenvalue weighted by atomic mass is 16.3. The summed E-state index contributed by atoms with van der Waals surface area (Å²) in [7, 11) is 0. The van der Waals surface area contributed by atoms with Gasteiger partial charge in [-0.2, -0.15) is 0 Å². The summed E-state index contributed by atoms with van der Waals surface area (Å²) >= 11 is 0. The van der Waals surface area contributed by atoms with E-state index in [0.29, 0.717) is 35.5 Å². The molecule has 4 saturated carbocycles. The van der Waals surface area contributed by atoms with E-state index in [-0.39, 0.29) is 46.9 Å². The Labute approximate surface area is 254 Å². The largest absolute Gasteiger partial charge is 0.396 e. The molecule has 10 atom stereocenters. The summed E-state index contributed by atoms with van der Waals surface area (Å²) in [5, 5.41) is 31.3. The van der Waals surface area contributed by atoms with Gasteiger partial charge in [-0.05, 0) is 128 Å². The lowest BCUT2D eigenvalue weighted by molar-refractivity contribution is -0.116. The molecule has 0 amide bonds. The number of aliphatic imine (C=N–C) groups is 1. The van der Waals surface area contributed by atoms with E-state index in [0.717, 1.165) is 38.6 Å². The van der Waals surface area contributed by atoms with Crippen molar-refractivity contribution in [3.63, 3.8) is 0 Å². The van der Waals surface area contributed by atoms with E-state index in [2.05, 4.69) is 50.1 Å². The van der Waals surface area contributed by atoms with E-state index >= 15 is 0 Å². The maximum absolute atomic E-state index is 11.2. The Balaban J connectivity index is 1.29. The molecule has 0 bridgehead atoms. The summed E-state index contributed by atoms with van der Waals surface area (Å²) < 4.78 is 0. The predicted molar refractivity (Wildman–Crippen MR) is 170 cm³/mol. The van der Waals surface area contributed by atoms with Crippen molar-refractivity contribution in [2.24, 2.45) is 67.6 Å². The van der Waals surface area contributed by atoms with Gasteiger partial charge in [-0.15, -0.1) is 0 Å². The first-order chi connectivity index (χ1) is 20.1. The fourth-order valence-electron chi connectivity index (χ4n) is 13.5. The molecule has 4 nitrogen and oxygen atoms in total. The van der Waals surface area contributed by atoms with Crippen LogP contribution in [-0.2, 0) is 0 Å². The Morgan fingerprint density at radius 3 is 2.67 bits per heavy atom. The number of fused-ring (bicyclic) bond motifs is 2. The molecule has 1 aliphatic heterocycles. The summed E-state index contributed by atoms with van der Waals surface area (Å²) in [5.74, 6) is 2.78. The van der Waals surface area contributed by atoms with Gasteiger partial charge < -0.3 is 15.3 Å². The van der Waals surface area contributed by atoms with Gasteiger partial charge in [0.25, 0.3) is 0 Å². The van der Waals surface area contributed by atoms with Gasteiger partial charge in [0, 0.05) is 36.9 Å². The maximum Gasteiger partial charge on any atom is 0.0576 e. The Kier molecular flexibility index (Phi) is 6.97. The van der Waals surface area contributed by atoms with Crippen LogP contribution in [0.1, 0.15) is 91.4 Å². The van der Waals surface area contributed by atoms with Crippen molar-refractivity contribution in [3.05, 3.63) is 47.6 Å². The van der Waals surface area contributed by atoms with Crippen molar-refractivity contribution >= 4 is 6.21 Å². The molecule has 10 unspecified atom stereocenters. The number of hydrogen-bond donors (Lipinski definition) is 3. The van der Waals surface area contributed by atoms with Crippen molar-refractivity contribution < 1.29 is 15.3 Å². The molecule has 4 heteroatoms. The molecule has 0 aromatic carbocycles. The third kappa shape index (κ3) is 3.67. The lowest BCUT2D eigenvalue weighted by atomic mass is 9.36. The van der Waals surface area contributed by atoms with Gasteiger partial charge in [-0.3, -0.25) is 4.99 Å². The zero-order valence-electron chi connectivity index (χ0n) is 26.5. The fraction of sp³-hybridized carbons (Fsp3) is 0.763. The zero-order chi connectivity index (χ0) is 29.5. The van der Waals surface area contributed by atoms with E-state index in [1.807, 2.05) is 6.21 Å². The fourth-order valence-corrected chi connectivity index (χ4v) is 13.5. The Bertz CT molecular complexity index is 1240. The van der Waals surface area contributed by atoms with Crippen LogP contribution < -0.4 is 0 Å². The molecule has 0 aromatic heterocycles. The normalized spacial score (nSPS) is 46.6. The molecule has 42 heavy (non-hydrogen) atoms. The SMILES string of the molecule is C=C1C=C2C3(CCC(CC(CO)CC4=CCN=C4)C3)CC3(CCC(CCCO)C3CO)C3CC=CC4(C1C4(C)C)C23C. The molecule has 4 fully saturated rings. The van der Waals surface area contributed by atoms with Crippen LogP contribution in [0, 0.1) is 62.6 Å². The van der Waals surface area contributed by atoms with Gasteiger partial charge in [0.05, 0.1) is 6.54 Å². The van der Waals surface area contributed by atoms with Crippen LogP contribution in [-0.4, -0.2) is 47.9 Å². The van der Waals surface area contributed by atoms with E-state index < -0.39 is 0 Å². The average molecular weight is 574 g/mol. The number of nitrogens with zero attached hydrogens (tertiary/aromatic N) is 1. The minimum Gasteiger partial charge on any atom is -0.396 e. The summed E-state index contributed by atoms with van der Waals surface area (Å²) in [6, 6.07) is 0. The lowest BCUT2D eigenvalue weighted by Gasteiger charge is -2.67. The highest BCUT2D eigenvalue weighted by molar-refractivity contribution is 5.80. The first-order valence-corrected chi connectivity index (χ1v) is 17.2. The van der Waals surface area contributed by atoms with Crippen molar-refractivity contribution in [1.29, 1.82) is 0 Å². The quantitative estimate of drug-likeness (QED) is 0.258. The van der Waals surface area contributed by atoms with Crippen LogP contribution in [0.3, 0.4) is 0 Å². The molecule has 1 heterocycles. The van der Waals surface area contributed by atoms with E-state index in [1.54, 1.807) is 5.57 Å². The standard InChI is InChI=1S/C38H55NO3/c1-25-17-32-35(4)31(8-5-12-38(35)33(25)34(38,2)3)37(14-10-29(7-6-16-40)30(37)23-42)24-36(32)13-9-26(20-36)18-28(22-41)19-27-11-15-39-21-27/h5,11-12,17,21,26,28-31,33,40-42H,1,6-10,13-16,18-20,22-24H2,2-4H3. The van der Waals surface area contributed by atoms with Crippen LogP contribution in [0.15, 0.2) is 52.6 Å². The molecule has 230 valence electrons. The van der Waals surface area contributed by atoms with Crippen molar-refractivity contribution in [2.75, 3.05) is 26.4 Å². The Morgan fingerprint density at radius 2 is 1.95 bits per heavy atom. The second-order valence-electron chi connectivity index (χ2n) is 16.6. The van der Waals surface area contributed by atoms with Crippen LogP contribution in [0.25, 0.3) is 0 Å². The minimum absolute atomic E-state index is 0.0744. The van der Waals surface area contributed by atoms with Crippen LogP contribution >= 0.6 is 0 Å². The van der Waals surface area contributed by atoms with Crippen molar-refractivity contribution in [1.82, 2.24) is 0 Å². The number of allylic oxidation sites excluding steroid dienone is 6. The Morgan fingerprint density at radius 1 is 1.12 bits per heavy atom. The number of hydrogen-bond acceptors (Lipinski definition) is 4. The molecule has 6 aliphatic carbocycles. The van der Waals surface area contributed by atoms with Crippen LogP contribution in [0.5, 0.6) is 0 Å². The number of aliphatic hydroxyl groups excluding tert-OH is 3. The second-order valence-corrected chi connectivity index (χ2v) is 16.6. The van der Waals surface area contributed by atoms with E-state index in [1.165, 1.54) is 49.7 Å². The van der Waals surface area contributed by atoms with E-state index in [4.69, 9.17) is 6.58 Å².